The number of halogens is 2. The van der Waals surface area contributed by atoms with E-state index in [1.807, 2.05) is 0 Å². The number of nitrogens with zero attached hydrogens (tertiary/aromatic N) is 1. The molecule has 0 aliphatic heterocycles. The van der Waals surface area contributed by atoms with E-state index in [0.29, 0.717) is 0 Å². The van der Waals surface area contributed by atoms with Crippen molar-refractivity contribution in [2.24, 2.45) is 5.92 Å². The Balaban J connectivity index is 2.68. The normalized spacial score (nSPS) is 17.9. The van der Waals surface area contributed by atoms with E-state index < -0.39 is 35.2 Å². The Morgan fingerprint density at radius 3 is 1.96 bits per heavy atom. The maximum atomic E-state index is 12.9. The highest BCUT2D eigenvalue weighted by atomic mass is 19.3. The molecule has 1 saturated carbocycles. The van der Waals surface area contributed by atoms with Gasteiger partial charge in [0.2, 0.25) is 5.92 Å². The maximum Gasteiger partial charge on any atom is 0.429 e. The van der Waals surface area contributed by atoms with Gasteiger partial charge in [0, 0.05) is 19.4 Å². The highest BCUT2D eigenvalue weighted by Crippen LogP contribution is 2.42. The zero-order valence-electron chi connectivity index (χ0n) is 14.5. The molecule has 1 rings (SSSR count). The lowest BCUT2D eigenvalue weighted by Crippen LogP contribution is -2.53. The van der Waals surface area contributed by atoms with Gasteiger partial charge >= 0.3 is 12.2 Å². The van der Waals surface area contributed by atoms with Crippen LogP contribution in [0.25, 0.3) is 0 Å². The monoisotopic (exact) mass is 336 g/mol. The van der Waals surface area contributed by atoms with Crippen molar-refractivity contribution in [3.8, 4) is 0 Å². The summed E-state index contributed by atoms with van der Waals surface area (Å²) in [5.74, 6) is -3.09. The second-order valence-corrected chi connectivity index (χ2v) is 7.83. The number of hydrogen-bond donors (Lipinski definition) is 1. The number of carbonyl (C=O) groups is 2. The number of hydrogen-bond acceptors (Lipinski definition) is 4. The number of amides is 2. The molecule has 1 aliphatic carbocycles. The van der Waals surface area contributed by atoms with E-state index in [1.54, 1.807) is 41.5 Å². The lowest BCUT2D eigenvalue weighted by Gasteiger charge is -2.38. The second-order valence-electron chi connectivity index (χ2n) is 7.83. The van der Waals surface area contributed by atoms with Crippen molar-refractivity contribution >= 4 is 12.2 Å². The number of carbonyl (C=O) groups excluding carboxylic acids is 2. The van der Waals surface area contributed by atoms with Crippen LogP contribution >= 0.6 is 0 Å². The first-order valence-corrected chi connectivity index (χ1v) is 7.55. The van der Waals surface area contributed by atoms with Crippen molar-refractivity contribution < 1.29 is 27.8 Å². The number of hydrazine groups is 1. The fraction of sp³-hybridized carbons (Fsp3) is 0.867. The van der Waals surface area contributed by atoms with Crippen LogP contribution in [-0.4, -0.2) is 40.9 Å². The summed E-state index contributed by atoms with van der Waals surface area (Å²) in [7, 11) is 0. The molecule has 8 heteroatoms. The van der Waals surface area contributed by atoms with Crippen LogP contribution in [0, 0.1) is 5.92 Å². The predicted octanol–water partition coefficient (Wildman–Crippen LogP) is 3.71. The summed E-state index contributed by atoms with van der Waals surface area (Å²) >= 11 is 0. The molecule has 0 aromatic carbocycles. The second kappa shape index (κ2) is 6.49. The van der Waals surface area contributed by atoms with Crippen LogP contribution in [0.3, 0.4) is 0 Å². The molecule has 1 aliphatic rings. The molecule has 0 aromatic heterocycles. The van der Waals surface area contributed by atoms with Gasteiger partial charge in [0.15, 0.2) is 0 Å². The minimum absolute atomic E-state index is 0.0518. The molecule has 0 heterocycles. The zero-order valence-corrected chi connectivity index (χ0v) is 14.5. The van der Waals surface area contributed by atoms with E-state index in [2.05, 4.69) is 5.43 Å². The van der Waals surface area contributed by atoms with Crippen LogP contribution in [0.15, 0.2) is 0 Å². The third-order valence-corrected chi connectivity index (χ3v) is 2.85. The van der Waals surface area contributed by atoms with Gasteiger partial charge in [-0.3, -0.25) is 0 Å². The predicted molar refractivity (Wildman–Crippen MR) is 80.0 cm³/mol. The van der Waals surface area contributed by atoms with Gasteiger partial charge < -0.3 is 9.47 Å². The third kappa shape index (κ3) is 7.47. The van der Waals surface area contributed by atoms with Crippen LogP contribution in [0.1, 0.15) is 54.4 Å². The summed E-state index contributed by atoms with van der Waals surface area (Å²) < 4.78 is 36.2. The number of rotatable bonds is 2. The fourth-order valence-corrected chi connectivity index (χ4v) is 2.07. The van der Waals surface area contributed by atoms with E-state index in [1.165, 1.54) is 0 Å². The third-order valence-electron chi connectivity index (χ3n) is 2.85. The van der Waals surface area contributed by atoms with Gasteiger partial charge in [-0.15, -0.1) is 0 Å². The topological polar surface area (TPSA) is 67.9 Å². The lowest BCUT2D eigenvalue weighted by atomic mass is 9.81. The van der Waals surface area contributed by atoms with Gasteiger partial charge in [0.05, 0.1) is 0 Å². The molecule has 134 valence electrons. The van der Waals surface area contributed by atoms with Crippen LogP contribution in [0.5, 0.6) is 0 Å². The van der Waals surface area contributed by atoms with Gasteiger partial charge in [-0.05, 0) is 47.5 Å². The van der Waals surface area contributed by atoms with Crippen molar-refractivity contribution in [2.75, 3.05) is 6.54 Å². The Kier molecular flexibility index (Phi) is 5.49. The smallest absolute Gasteiger partial charge is 0.429 e. The Bertz CT molecular complexity index is 447. The molecule has 0 bridgehead atoms. The molecule has 0 spiro atoms. The van der Waals surface area contributed by atoms with Gasteiger partial charge in [-0.2, -0.15) is 0 Å². The first-order chi connectivity index (χ1) is 10.2. The fourth-order valence-electron chi connectivity index (χ4n) is 2.07. The first-order valence-electron chi connectivity index (χ1n) is 7.55. The SMILES string of the molecule is CC(C)(C)OC(=O)NN(CC1CC(F)(F)C1)C(=O)OC(C)(C)C. The van der Waals surface area contributed by atoms with Gasteiger partial charge in [0.25, 0.3) is 0 Å². The molecule has 0 aromatic rings. The Morgan fingerprint density at radius 2 is 1.57 bits per heavy atom. The summed E-state index contributed by atoms with van der Waals surface area (Å²) in [5.41, 5.74) is 0.763. The van der Waals surface area contributed by atoms with Crippen molar-refractivity contribution in [3.63, 3.8) is 0 Å². The van der Waals surface area contributed by atoms with Gasteiger partial charge in [-0.1, -0.05) is 0 Å². The van der Waals surface area contributed by atoms with Gasteiger partial charge in [-0.25, -0.2) is 28.8 Å². The minimum atomic E-state index is -2.70. The summed E-state index contributed by atoms with van der Waals surface area (Å²) in [6.45, 7) is 10.0. The molecule has 0 atom stereocenters. The van der Waals surface area contributed by atoms with Gasteiger partial charge in [0.1, 0.15) is 11.2 Å². The molecule has 0 unspecified atom stereocenters. The van der Waals surface area contributed by atoms with Crippen LogP contribution in [0.4, 0.5) is 18.4 Å². The van der Waals surface area contributed by atoms with E-state index in [4.69, 9.17) is 9.47 Å². The summed E-state index contributed by atoms with van der Waals surface area (Å²) in [6, 6.07) is 0. The standard InChI is InChI=1S/C15H26F2N2O4/c1-13(2,3)22-11(20)18-19(12(21)23-14(4,5)6)9-10-7-15(16,17)8-10/h10H,7-9H2,1-6H3,(H,18,20). The van der Waals surface area contributed by atoms with E-state index in [9.17, 15) is 18.4 Å². The van der Waals surface area contributed by atoms with Crippen LogP contribution in [0.2, 0.25) is 0 Å². The number of ether oxygens (including phenoxy) is 2. The summed E-state index contributed by atoms with van der Waals surface area (Å²) in [4.78, 5) is 24.0. The quantitative estimate of drug-likeness (QED) is 0.781. The number of alkyl halides is 2. The highest BCUT2D eigenvalue weighted by Gasteiger charge is 2.46. The molecule has 23 heavy (non-hydrogen) atoms. The molecule has 6 nitrogen and oxygen atoms in total. The largest absolute Gasteiger partial charge is 0.443 e. The average molecular weight is 336 g/mol. The van der Waals surface area contributed by atoms with E-state index in [-0.39, 0.29) is 19.4 Å². The molecule has 2 amide bonds. The molecule has 1 fully saturated rings. The van der Waals surface area contributed by atoms with Crippen molar-refractivity contribution in [3.05, 3.63) is 0 Å². The van der Waals surface area contributed by atoms with Crippen molar-refractivity contribution in [1.82, 2.24) is 10.4 Å². The lowest BCUT2D eigenvalue weighted by molar-refractivity contribution is -0.118. The minimum Gasteiger partial charge on any atom is -0.443 e. The Labute approximate surface area is 135 Å². The van der Waals surface area contributed by atoms with Crippen LogP contribution < -0.4 is 5.43 Å². The summed E-state index contributed by atoms with van der Waals surface area (Å²) in [5, 5.41) is 0.902. The molecule has 1 N–H and O–H groups in total. The first kappa shape index (κ1) is 19.4. The Hall–Kier alpha value is -1.60. The van der Waals surface area contributed by atoms with E-state index in [0.717, 1.165) is 5.01 Å². The molecular weight excluding hydrogens is 310 g/mol. The molecular formula is C15H26F2N2O4. The van der Waals surface area contributed by atoms with Crippen LogP contribution in [-0.2, 0) is 9.47 Å². The average Bonchev–Trinajstić information content (AvgIpc) is 2.19. The zero-order chi connectivity index (χ0) is 18.1. The summed E-state index contributed by atoms with van der Waals surface area (Å²) in [6.07, 6.45) is -2.28. The molecule has 0 saturated heterocycles. The van der Waals surface area contributed by atoms with Crippen molar-refractivity contribution in [1.29, 1.82) is 0 Å². The van der Waals surface area contributed by atoms with Crippen molar-refractivity contribution in [2.45, 2.75) is 71.5 Å². The Morgan fingerprint density at radius 1 is 1.09 bits per heavy atom. The highest BCUT2D eigenvalue weighted by molar-refractivity contribution is 5.74. The maximum absolute atomic E-state index is 12.9. The van der Waals surface area contributed by atoms with E-state index >= 15 is 0 Å². The molecule has 0 radical (unpaired) electrons. The number of nitrogens with one attached hydrogen (secondary N) is 1.